The van der Waals surface area contributed by atoms with Gasteiger partial charge in [0.05, 0.1) is 12.0 Å². The minimum atomic E-state index is -0.102. The van der Waals surface area contributed by atoms with E-state index in [9.17, 15) is 9.59 Å². The van der Waals surface area contributed by atoms with Gasteiger partial charge in [-0.25, -0.2) is 4.98 Å². The van der Waals surface area contributed by atoms with Crippen molar-refractivity contribution >= 4 is 39.2 Å². The van der Waals surface area contributed by atoms with Crippen LogP contribution >= 0.6 is 23.1 Å². The van der Waals surface area contributed by atoms with Gasteiger partial charge in [-0.1, -0.05) is 11.8 Å². The van der Waals surface area contributed by atoms with Gasteiger partial charge in [0.1, 0.15) is 4.83 Å². The molecule has 6 nitrogen and oxygen atoms in total. The van der Waals surface area contributed by atoms with Crippen molar-refractivity contribution in [2.45, 2.75) is 31.8 Å². The van der Waals surface area contributed by atoms with Crippen LogP contribution in [0.15, 0.2) is 9.95 Å². The number of hydrogen-bond acceptors (Lipinski definition) is 6. The minimum absolute atomic E-state index is 0.0503. The number of aliphatic hydroxyl groups excluding tert-OH is 1. The van der Waals surface area contributed by atoms with Crippen molar-refractivity contribution in [2.24, 2.45) is 0 Å². The van der Waals surface area contributed by atoms with Crippen LogP contribution in [0.3, 0.4) is 0 Å². The third-order valence-electron chi connectivity index (χ3n) is 3.24. The number of carbonyl (C=O) groups is 1. The molecule has 2 rings (SSSR count). The van der Waals surface area contributed by atoms with Crippen molar-refractivity contribution in [3.05, 3.63) is 20.8 Å². The molecule has 0 atom stereocenters. The number of nitrogens with one attached hydrogen (secondary N) is 2. The van der Waals surface area contributed by atoms with Gasteiger partial charge in [-0.15, -0.1) is 11.3 Å². The minimum Gasteiger partial charge on any atom is -0.395 e. The van der Waals surface area contributed by atoms with E-state index in [2.05, 4.69) is 15.3 Å². The van der Waals surface area contributed by atoms with Crippen molar-refractivity contribution in [2.75, 3.05) is 18.9 Å². The summed E-state index contributed by atoms with van der Waals surface area (Å²) in [4.78, 5) is 32.6. The number of nitrogens with zero attached hydrogens (tertiary/aromatic N) is 1. The third-order valence-corrected chi connectivity index (χ3v) is 5.30. The molecule has 8 heteroatoms. The Morgan fingerprint density at radius 3 is 2.95 bits per heavy atom. The molecule has 0 aliphatic heterocycles. The highest BCUT2D eigenvalue weighted by Gasteiger charge is 2.12. The maximum atomic E-state index is 12.1. The number of carbonyl (C=O) groups excluding carboxylic acids is 1. The lowest BCUT2D eigenvalue weighted by Gasteiger charge is -2.03. The molecule has 3 N–H and O–H groups in total. The Kier molecular flexibility index (Phi) is 5.98. The van der Waals surface area contributed by atoms with E-state index in [1.165, 1.54) is 23.1 Å². The lowest BCUT2D eigenvalue weighted by molar-refractivity contribution is -0.121. The third kappa shape index (κ3) is 4.08. The lowest BCUT2D eigenvalue weighted by Crippen LogP contribution is -2.26. The number of aliphatic hydroxyl groups is 1. The first-order valence-corrected chi connectivity index (χ1v) is 8.83. The molecular weight excluding hydrogens is 322 g/mol. The van der Waals surface area contributed by atoms with E-state index >= 15 is 0 Å². The van der Waals surface area contributed by atoms with Crippen molar-refractivity contribution in [3.63, 3.8) is 0 Å². The number of aromatic nitrogens is 2. The van der Waals surface area contributed by atoms with Gasteiger partial charge < -0.3 is 15.4 Å². The maximum absolute atomic E-state index is 12.1. The molecule has 0 aliphatic rings. The Balaban J connectivity index is 1.93. The summed E-state index contributed by atoms with van der Waals surface area (Å²) in [5, 5.41) is 12.5. The zero-order chi connectivity index (χ0) is 16.1. The molecule has 0 spiro atoms. The summed E-state index contributed by atoms with van der Waals surface area (Å²) in [6, 6.07) is 0. The summed E-state index contributed by atoms with van der Waals surface area (Å²) in [5.74, 6) is 0.626. The summed E-state index contributed by atoms with van der Waals surface area (Å²) >= 11 is 2.97. The van der Waals surface area contributed by atoms with Crippen molar-refractivity contribution in [3.8, 4) is 0 Å². The van der Waals surface area contributed by atoms with Crippen molar-refractivity contribution < 1.29 is 9.90 Å². The van der Waals surface area contributed by atoms with E-state index in [1.807, 2.05) is 13.8 Å². The number of thioether (sulfide) groups is 1. The van der Waals surface area contributed by atoms with Gasteiger partial charge >= 0.3 is 0 Å². The Morgan fingerprint density at radius 2 is 2.23 bits per heavy atom. The van der Waals surface area contributed by atoms with Gasteiger partial charge in [0.2, 0.25) is 5.91 Å². The van der Waals surface area contributed by atoms with Crippen LogP contribution in [0.5, 0.6) is 0 Å². The number of amides is 1. The van der Waals surface area contributed by atoms with Crippen molar-refractivity contribution in [1.82, 2.24) is 15.3 Å². The Hall–Kier alpha value is -1.38. The van der Waals surface area contributed by atoms with Crippen LogP contribution in [0, 0.1) is 13.8 Å². The number of fused-ring (bicyclic) bond motifs is 1. The first-order valence-electron chi connectivity index (χ1n) is 7.03. The normalized spacial score (nSPS) is 11.0. The first-order chi connectivity index (χ1) is 10.5. The van der Waals surface area contributed by atoms with Gasteiger partial charge in [-0.05, 0) is 25.8 Å². The second-order valence-electron chi connectivity index (χ2n) is 4.86. The zero-order valence-electron chi connectivity index (χ0n) is 12.6. The van der Waals surface area contributed by atoms with Crippen molar-refractivity contribution in [1.29, 1.82) is 0 Å². The van der Waals surface area contributed by atoms with Gasteiger partial charge in [-0.3, -0.25) is 9.59 Å². The van der Waals surface area contributed by atoms with E-state index in [0.29, 0.717) is 29.1 Å². The largest absolute Gasteiger partial charge is 0.395 e. The van der Waals surface area contributed by atoms with E-state index in [0.717, 1.165) is 15.3 Å². The quantitative estimate of drug-likeness (QED) is 0.404. The highest BCUT2D eigenvalue weighted by Crippen LogP contribution is 2.27. The highest BCUT2D eigenvalue weighted by atomic mass is 32.2. The molecule has 2 aromatic rings. The number of H-pyrrole nitrogens is 1. The summed E-state index contributed by atoms with van der Waals surface area (Å²) in [5.41, 5.74) is 0.890. The maximum Gasteiger partial charge on any atom is 0.260 e. The predicted molar refractivity (Wildman–Crippen MR) is 89.8 cm³/mol. The highest BCUT2D eigenvalue weighted by molar-refractivity contribution is 7.99. The van der Waals surface area contributed by atoms with Gasteiger partial charge in [0, 0.05) is 23.6 Å². The van der Waals surface area contributed by atoms with E-state index in [4.69, 9.17) is 5.11 Å². The van der Waals surface area contributed by atoms with Gasteiger partial charge in [-0.2, -0.15) is 0 Å². The molecule has 0 fully saturated rings. The molecule has 120 valence electrons. The predicted octanol–water partition coefficient (Wildman–Crippen LogP) is 1.58. The fourth-order valence-corrected chi connectivity index (χ4v) is 3.88. The number of rotatable bonds is 7. The van der Waals surface area contributed by atoms with Crippen LogP contribution in [0.4, 0.5) is 0 Å². The lowest BCUT2D eigenvalue weighted by atomic mass is 10.2. The fraction of sp³-hybridized carbons (Fsp3) is 0.500. The molecule has 0 bridgehead atoms. The molecule has 2 aromatic heterocycles. The molecule has 0 saturated carbocycles. The monoisotopic (exact) mass is 341 g/mol. The average molecular weight is 341 g/mol. The van der Waals surface area contributed by atoms with E-state index in [1.54, 1.807) is 0 Å². The molecule has 0 saturated heterocycles. The van der Waals surface area contributed by atoms with Crippen LogP contribution in [0.25, 0.3) is 10.2 Å². The van der Waals surface area contributed by atoms with Gasteiger partial charge in [0.15, 0.2) is 5.16 Å². The molecule has 2 heterocycles. The van der Waals surface area contributed by atoms with Crippen LogP contribution in [-0.2, 0) is 4.79 Å². The van der Waals surface area contributed by atoms with E-state index in [-0.39, 0.29) is 24.6 Å². The molecule has 0 unspecified atom stereocenters. The summed E-state index contributed by atoms with van der Waals surface area (Å²) in [6.45, 7) is 4.15. The Bertz CT molecular complexity index is 724. The molecule has 1 amide bonds. The van der Waals surface area contributed by atoms with Gasteiger partial charge in [0.25, 0.3) is 5.56 Å². The second kappa shape index (κ2) is 7.75. The van der Waals surface area contributed by atoms with Crippen LogP contribution in [0.1, 0.15) is 23.3 Å². The Labute approximate surface area is 136 Å². The molecule has 0 aromatic carbocycles. The summed E-state index contributed by atoms with van der Waals surface area (Å²) in [6.07, 6.45) is 1.09. The van der Waals surface area contributed by atoms with E-state index < -0.39 is 0 Å². The molecule has 22 heavy (non-hydrogen) atoms. The fourth-order valence-electron chi connectivity index (χ4n) is 1.99. The summed E-state index contributed by atoms with van der Waals surface area (Å²) < 4.78 is 0. The Morgan fingerprint density at radius 1 is 1.45 bits per heavy atom. The van der Waals surface area contributed by atoms with Crippen LogP contribution < -0.4 is 10.9 Å². The van der Waals surface area contributed by atoms with Crippen LogP contribution in [-0.4, -0.2) is 39.9 Å². The SMILES string of the molecule is Cc1sc2nc(SCCCC(=O)NCCO)[nH]c(=O)c2c1C. The van der Waals surface area contributed by atoms with Crippen LogP contribution in [0.2, 0.25) is 0 Å². The summed E-state index contributed by atoms with van der Waals surface area (Å²) in [7, 11) is 0. The number of thiophene rings is 1. The zero-order valence-corrected chi connectivity index (χ0v) is 14.2. The molecule has 0 aliphatic carbocycles. The second-order valence-corrected chi connectivity index (χ2v) is 7.15. The first kappa shape index (κ1) is 17.0. The smallest absolute Gasteiger partial charge is 0.260 e. The number of hydrogen-bond donors (Lipinski definition) is 3. The molecule has 0 radical (unpaired) electrons. The standard InChI is InChI=1S/C14H19N3O3S2/c1-8-9(2)22-13-11(8)12(20)16-14(17-13)21-7-3-4-10(19)15-5-6-18/h18H,3-7H2,1-2H3,(H,15,19)(H,16,17,20). The molecular formula is C14H19N3O3S2. The topological polar surface area (TPSA) is 95.1 Å². The number of aromatic amines is 1. The average Bonchev–Trinajstić information content (AvgIpc) is 2.76. The number of aryl methyl sites for hydroxylation is 2.